The molecule has 0 bridgehead atoms. The fraction of sp³-hybridized carbons (Fsp3) is 0.263. The molecule has 25 heavy (non-hydrogen) atoms. The number of nitrogens with one attached hydrogen (secondary N) is 1. The summed E-state index contributed by atoms with van der Waals surface area (Å²) in [4.78, 5) is 21.8. The first-order valence-corrected chi connectivity index (χ1v) is 8.23. The van der Waals surface area contributed by atoms with Crippen molar-refractivity contribution in [2.24, 2.45) is 0 Å². The zero-order valence-corrected chi connectivity index (χ0v) is 13.8. The van der Waals surface area contributed by atoms with Gasteiger partial charge in [-0.2, -0.15) is 0 Å². The van der Waals surface area contributed by atoms with Crippen LogP contribution in [0.3, 0.4) is 0 Å². The maximum Gasteiger partial charge on any atom is 0.260 e. The molecule has 0 unspecified atom stereocenters. The molecule has 4 rings (SSSR count). The van der Waals surface area contributed by atoms with Crippen molar-refractivity contribution in [3.8, 4) is 5.75 Å². The number of anilines is 1. The van der Waals surface area contributed by atoms with Crippen LogP contribution >= 0.6 is 0 Å². The van der Waals surface area contributed by atoms with Crippen molar-refractivity contribution < 1.29 is 9.84 Å². The maximum atomic E-state index is 12.4. The van der Waals surface area contributed by atoms with E-state index in [0.717, 1.165) is 11.3 Å². The highest BCUT2D eigenvalue weighted by molar-refractivity contribution is 5.78. The third-order valence-electron chi connectivity index (χ3n) is 4.63. The predicted molar refractivity (Wildman–Crippen MR) is 96.1 cm³/mol. The average molecular weight is 337 g/mol. The van der Waals surface area contributed by atoms with Crippen molar-refractivity contribution >= 4 is 16.9 Å². The second kappa shape index (κ2) is 6.22. The van der Waals surface area contributed by atoms with Gasteiger partial charge in [-0.3, -0.25) is 9.78 Å². The van der Waals surface area contributed by atoms with Gasteiger partial charge in [0.1, 0.15) is 5.75 Å². The van der Waals surface area contributed by atoms with Crippen molar-refractivity contribution in [1.29, 1.82) is 0 Å². The summed E-state index contributed by atoms with van der Waals surface area (Å²) in [6.07, 6.45) is 0.0944. The summed E-state index contributed by atoms with van der Waals surface area (Å²) in [5.74, 6) is 1.24. The lowest BCUT2D eigenvalue weighted by Crippen LogP contribution is -2.28. The summed E-state index contributed by atoms with van der Waals surface area (Å²) < 4.78 is 5.30. The maximum absolute atomic E-state index is 12.4. The molecule has 3 aromatic rings. The lowest BCUT2D eigenvalue weighted by atomic mass is 10.0. The van der Waals surface area contributed by atoms with E-state index < -0.39 is 6.10 Å². The molecule has 1 fully saturated rings. The molecule has 6 heteroatoms. The molecule has 0 saturated carbocycles. The standard InChI is InChI=1S/C19H19N3O3/c1-25-14-6-4-5-12(9-14)17-10-13(23)11-22(17)19-20-16-8-3-2-7-15(16)18(24)21-19/h2-9,13,17,23H,10-11H2,1H3,(H,20,21,24)/t13-,17+/m1/s1. The largest absolute Gasteiger partial charge is 0.497 e. The number of β-amino-alcohol motifs (C(OH)–C–C–N with tert-alkyl or cyclic N) is 1. The minimum Gasteiger partial charge on any atom is -0.497 e. The molecule has 1 aliphatic heterocycles. The van der Waals surface area contributed by atoms with Gasteiger partial charge in [0.25, 0.3) is 5.56 Å². The SMILES string of the molecule is COc1cccc([C@@H]2C[C@@H](O)CN2c2nc3ccccc3c(=O)[nH]2)c1. The second-order valence-corrected chi connectivity index (χ2v) is 6.24. The van der Waals surface area contributed by atoms with E-state index in [1.165, 1.54) is 0 Å². The molecule has 2 aromatic carbocycles. The Hall–Kier alpha value is -2.86. The number of ether oxygens (including phenoxy) is 1. The number of hydrogen-bond acceptors (Lipinski definition) is 5. The van der Waals surface area contributed by atoms with Crippen LogP contribution in [0.1, 0.15) is 18.0 Å². The number of benzene rings is 2. The monoisotopic (exact) mass is 337 g/mol. The van der Waals surface area contributed by atoms with Gasteiger partial charge in [-0.1, -0.05) is 24.3 Å². The molecule has 1 aromatic heterocycles. The summed E-state index contributed by atoms with van der Waals surface area (Å²) in [5.41, 5.74) is 1.49. The summed E-state index contributed by atoms with van der Waals surface area (Å²) in [5, 5.41) is 10.8. The number of para-hydroxylation sites is 1. The van der Waals surface area contributed by atoms with Crippen LogP contribution < -0.4 is 15.2 Å². The topological polar surface area (TPSA) is 78.5 Å². The highest BCUT2D eigenvalue weighted by Crippen LogP contribution is 2.35. The van der Waals surface area contributed by atoms with E-state index in [-0.39, 0.29) is 11.6 Å². The number of hydrogen-bond donors (Lipinski definition) is 2. The lowest BCUT2D eigenvalue weighted by molar-refractivity contribution is 0.194. The molecule has 0 amide bonds. The van der Waals surface area contributed by atoms with Crippen LogP contribution in [0.25, 0.3) is 10.9 Å². The van der Waals surface area contributed by atoms with Crippen LogP contribution in [0.15, 0.2) is 53.3 Å². The lowest BCUT2D eigenvalue weighted by Gasteiger charge is -2.25. The Bertz CT molecular complexity index is 969. The molecule has 2 atom stereocenters. The van der Waals surface area contributed by atoms with E-state index in [9.17, 15) is 9.90 Å². The van der Waals surface area contributed by atoms with E-state index in [0.29, 0.717) is 29.8 Å². The van der Waals surface area contributed by atoms with Gasteiger partial charge in [0.05, 0.1) is 30.2 Å². The number of nitrogens with zero attached hydrogens (tertiary/aromatic N) is 2. The van der Waals surface area contributed by atoms with Gasteiger partial charge < -0.3 is 14.7 Å². The smallest absolute Gasteiger partial charge is 0.260 e. The average Bonchev–Trinajstić information content (AvgIpc) is 3.03. The van der Waals surface area contributed by atoms with Gasteiger partial charge in [-0.15, -0.1) is 0 Å². The predicted octanol–water partition coefficient (Wildman–Crippen LogP) is 2.24. The number of rotatable bonds is 3. The normalized spacial score (nSPS) is 20.2. The first-order valence-electron chi connectivity index (χ1n) is 8.23. The van der Waals surface area contributed by atoms with Gasteiger partial charge in [-0.25, -0.2) is 4.98 Å². The molecule has 0 aliphatic carbocycles. The fourth-order valence-electron chi connectivity index (χ4n) is 3.42. The van der Waals surface area contributed by atoms with E-state index in [4.69, 9.17) is 4.74 Å². The molecule has 6 nitrogen and oxygen atoms in total. The molecule has 0 radical (unpaired) electrons. The van der Waals surface area contributed by atoms with Crippen LogP contribution in [0.4, 0.5) is 5.95 Å². The quantitative estimate of drug-likeness (QED) is 0.766. The summed E-state index contributed by atoms with van der Waals surface area (Å²) in [7, 11) is 1.63. The first-order chi connectivity index (χ1) is 12.2. The van der Waals surface area contributed by atoms with Gasteiger partial charge >= 0.3 is 0 Å². The Morgan fingerprint density at radius 3 is 2.92 bits per heavy atom. The Labute approximate surface area is 144 Å². The fourth-order valence-corrected chi connectivity index (χ4v) is 3.42. The Morgan fingerprint density at radius 2 is 2.08 bits per heavy atom. The first kappa shape index (κ1) is 15.7. The highest BCUT2D eigenvalue weighted by Gasteiger charge is 2.34. The van der Waals surface area contributed by atoms with E-state index in [2.05, 4.69) is 9.97 Å². The molecule has 128 valence electrons. The van der Waals surface area contributed by atoms with Gasteiger partial charge in [0, 0.05) is 6.54 Å². The molecule has 1 aliphatic rings. The summed E-state index contributed by atoms with van der Waals surface area (Å²) >= 11 is 0. The van der Waals surface area contributed by atoms with Crippen molar-refractivity contribution in [2.75, 3.05) is 18.6 Å². The molecular weight excluding hydrogens is 318 g/mol. The Morgan fingerprint density at radius 1 is 1.24 bits per heavy atom. The Balaban J connectivity index is 1.78. The number of H-pyrrole nitrogens is 1. The third-order valence-corrected chi connectivity index (χ3v) is 4.63. The van der Waals surface area contributed by atoms with Crippen LogP contribution in [-0.2, 0) is 0 Å². The van der Waals surface area contributed by atoms with E-state index in [1.54, 1.807) is 13.2 Å². The minimum atomic E-state index is -0.479. The highest BCUT2D eigenvalue weighted by atomic mass is 16.5. The molecular formula is C19H19N3O3. The number of aliphatic hydroxyl groups excluding tert-OH is 1. The summed E-state index contributed by atoms with van der Waals surface area (Å²) in [6, 6.07) is 14.9. The number of fused-ring (bicyclic) bond motifs is 1. The zero-order valence-electron chi connectivity index (χ0n) is 13.8. The number of methoxy groups -OCH3 is 1. The van der Waals surface area contributed by atoms with E-state index in [1.807, 2.05) is 47.4 Å². The van der Waals surface area contributed by atoms with Crippen molar-refractivity contribution in [3.05, 3.63) is 64.4 Å². The van der Waals surface area contributed by atoms with Gasteiger partial charge in [0.2, 0.25) is 5.95 Å². The van der Waals surface area contributed by atoms with Crippen LogP contribution in [0.2, 0.25) is 0 Å². The minimum absolute atomic E-state index is 0.0746. The summed E-state index contributed by atoms with van der Waals surface area (Å²) in [6.45, 7) is 0.420. The molecule has 0 spiro atoms. The molecule has 2 heterocycles. The Kier molecular flexibility index (Phi) is 3.89. The van der Waals surface area contributed by atoms with Gasteiger partial charge in [0.15, 0.2) is 0 Å². The van der Waals surface area contributed by atoms with Crippen LogP contribution in [0.5, 0.6) is 5.75 Å². The van der Waals surface area contributed by atoms with Crippen LogP contribution in [-0.4, -0.2) is 34.8 Å². The van der Waals surface area contributed by atoms with Gasteiger partial charge in [-0.05, 0) is 36.2 Å². The van der Waals surface area contributed by atoms with Crippen LogP contribution in [0, 0.1) is 0 Å². The third kappa shape index (κ3) is 2.85. The van der Waals surface area contributed by atoms with E-state index >= 15 is 0 Å². The second-order valence-electron chi connectivity index (χ2n) is 6.24. The number of aliphatic hydroxyl groups is 1. The molecule has 2 N–H and O–H groups in total. The van der Waals surface area contributed by atoms with Crippen molar-refractivity contribution in [3.63, 3.8) is 0 Å². The number of aromatic nitrogens is 2. The van der Waals surface area contributed by atoms with Crippen molar-refractivity contribution in [2.45, 2.75) is 18.6 Å². The number of aromatic amines is 1. The van der Waals surface area contributed by atoms with Crippen molar-refractivity contribution in [1.82, 2.24) is 9.97 Å². The molecule has 1 saturated heterocycles. The zero-order chi connectivity index (χ0) is 17.4.